The molecule has 0 aliphatic heterocycles. The van der Waals surface area contributed by atoms with Gasteiger partial charge in [0.25, 0.3) is 0 Å². The van der Waals surface area contributed by atoms with Crippen LogP contribution in [0.25, 0.3) is 0 Å². The topological polar surface area (TPSA) is 79.3 Å². The molecule has 6 heteroatoms. The Morgan fingerprint density at radius 2 is 2.16 bits per heavy atom. The van der Waals surface area contributed by atoms with E-state index in [9.17, 15) is 8.42 Å². The summed E-state index contributed by atoms with van der Waals surface area (Å²) in [6.07, 6.45) is 3.51. The predicted molar refractivity (Wildman–Crippen MR) is 72.8 cm³/mol. The van der Waals surface area contributed by atoms with Crippen LogP contribution in [0.1, 0.15) is 25.8 Å². The van der Waals surface area contributed by atoms with Gasteiger partial charge >= 0.3 is 0 Å². The molecule has 19 heavy (non-hydrogen) atoms. The molecular weight excluding hydrogens is 264 g/mol. The molecule has 0 atom stereocenters. The highest BCUT2D eigenvalue weighted by Crippen LogP contribution is 2.09. The number of nitrogens with one attached hydrogen (secondary N) is 1. The van der Waals surface area contributed by atoms with E-state index in [4.69, 9.17) is 5.11 Å². The van der Waals surface area contributed by atoms with Crippen LogP contribution in [0.4, 0.5) is 0 Å². The Balaban J connectivity index is 2.83. The quantitative estimate of drug-likeness (QED) is 0.781. The van der Waals surface area contributed by atoms with E-state index in [2.05, 4.69) is 21.5 Å². The Hall–Kier alpha value is -1.42. The Kier molecular flexibility index (Phi) is 5.96. The van der Waals surface area contributed by atoms with E-state index in [-0.39, 0.29) is 11.5 Å². The first kappa shape index (κ1) is 15.6. The summed E-state index contributed by atoms with van der Waals surface area (Å²) in [5.74, 6) is 5.51. The summed E-state index contributed by atoms with van der Waals surface area (Å²) in [5, 5.41) is 8.60. The van der Waals surface area contributed by atoms with Crippen LogP contribution in [0.3, 0.4) is 0 Å². The summed E-state index contributed by atoms with van der Waals surface area (Å²) in [5.41, 5.74) is 0.459. The zero-order valence-electron chi connectivity index (χ0n) is 11.0. The first-order valence-electron chi connectivity index (χ1n) is 6.00. The van der Waals surface area contributed by atoms with Gasteiger partial charge in [0.1, 0.15) is 11.5 Å². The molecule has 0 spiro atoms. The van der Waals surface area contributed by atoms with Crippen LogP contribution in [0.5, 0.6) is 0 Å². The van der Waals surface area contributed by atoms with Crippen molar-refractivity contribution in [3.05, 3.63) is 24.0 Å². The fourth-order valence-corrected chi connectivity index (χ4v) is 2.38. The molecule has 1 heterocycles. The number of hydrogen-bond donors (Lipinski definition) is 2. The van der Waals surface area contributed by atoms with E-state index in [0.717, 1.165) is 6.42 Å². The first-order valence-corrected chi connectivity index (χ1v) is 7.48. The molecule has 0 saturated heterocycles. The van der Waals surface area contributed by atoms with Gasteiger partial charge in [-0.15, -0.1) is 0 Å². The average molecular weight is 282 g/mol. The summed E-state index contributed by atoms with van der Waals surface area (Å²) in [6, 6.07) is 1.44. The van der Waals surface area contributed by atoms with Crippen molar-refractivity contribution in [2.45, 2.75) is 25.2 Å². The SMILES string of the molecule is CC(C)CCNS(=O)(=O)c1cncc(C#CCO)c1. The molecule has 0 radical (unpaired) electrons. The molecular formula is C13H18N2O3S. The highest BCUT2D eigenvalue weighted by atomic mass is 32.2. The second-order valence-corrected chi connectivity index (χ2v) is 6.22. The van der Waals surface area contributed by atoms with Crippen LogP contribution < -0.4 is 4.72 Å². The lowest BCUT2D eigenvalue weighted by Gasteiger charge is -2.08. The van der Waals surface area contributed by atoms with E-state index < -0.39 is 10.0 Å². The van der Waals surface area contributed by atoms with Crippen molar-refractivity contribution in [3.8, 4) is 11.8 Å². The van der Waals surface area contributed by atoms with Crippen molar-refractivity contribution in [1.29, 1.82) is 0 Å². The molecule has 0 saturated carbocycles. The minimum atomic E-state index is -3.55. The molecule has 1 aromatic heterocycles. The Morgan fingerprint density at radius 3 is 2.79 bits per heavy atom. The molecule has 0 aliphatic rings. The number of hydrogen-bond acceptors (Lipinski definition) is 4. The van der Waals surface area contributed by atoms with Crippen molar-refractivity contribution in [2.75, 3.05) is 13.2 Å². The van der Waals surface area contributed by atoms with Gasteiger partial charge in [0, 0.05) is 24.5 Å². The van der Waals surface area contributed by atoms with Gasteiger partial charge in [0.05, 0.1) is 0 Å². The Bertz CT molecular complexity index is 571. The van der Waals surface area contributed by atoms with E-state index in [1.165, 1.54) is 18.5 Å². The summed E-state index contributed by atoms with van der Waals surface area (Å²) < 4.78 is 26.5. The van der Waals surface area contributed by atoms with E-state index >= 15 is 0 Å². The number of pyridine rings is 1. The Morgan fingerprint density at radius 1 is 1.42 bits per heavy atom. The molecule has 0 aromatic carbocycles. The normalized spacial score (nSPS) is 11.2. The van der Waals surface area contributed by atoms with Gasteiger partial charge in [-0.1, -0.05) is 25.7 Å². The van der Waals surface area contributed by atoms with Crippen molar-refractivity contribution >= 4 is 10.0 Å². The van der Waals surface area contributed by atoms with Gasteiger partial charge in [-0.3, -0.25) is 4.98 Å². The summed E-state index contributed by atoms with van der Waals surface area (Å²) in [4.78, 5) is 3.93. The van der Waals surface area contributed by atoms with Crippen LogP contribution in [-0.4, -0.2) is 31.7 Å². The van der Waals surface area contributed by atoms with Gasteiger partial charge in [0.15, 0.2) is 0 Å². The monoisotopic (exact) mass is 282 g/mol. The van der Waals surface area contributed by atoms with Crippen molar-refractivity contribution in [1.82, 2.24) is 9.71 Å². The molecule has 0 aliphatic carbocycles. The summed E-state index contributed by atoms with van der Waals surface area (Å²) in [7, 11) is -3.55. The lowest BCUT2D eigenvalue weighted by atomic mass is 10.1. The smallest absolute Gasteiger partial charge is 0.242 e. The van der Waals surface area contributed by atoms with E-state index in [1.54, 1.807) is 0 Å². The number of aliphatic hydroxyl groups is 1. The highest BCUT2D eigenvalue weighted by molar-refractivity contribution is 7.89. The van der Waals surface area contributed by atoms with Gasteiger partial charge in [-0.2, -0.15) is 0 Å². The molecule has 0 amide bonds. The third-order valence-corrected chi connectivity index (χ3v) is 3.78. The molecule has 104 valence electrons. The van der Waals surface area contributed by atoms with Gasteiger partial charge in [-0.05, 0) is 18.4 Å². The summed E-state index contributed by atoms with van der Waals surface area (Å²) in [6.45, 7) is 4.18. The predicted octanol–water partition coefficient (Wildman–Crippen LogP) is 0.750. The minimum Gasteiger partial charge on any atom is -0.384 e. The largest absolute Gasteiger partial charge is 0.384 e. The maximum absolute atomic E-state index is 12.0. The lowest BCUT2D eigenvalue weighted by molar-refractivity contribution is 0.350. The third kappa shape index (κ3) is 5.39. The van der Waals surface area contributed by atoms with Crippen LogP contribution >= 0.6 is 0 Å². The standard InChI is InChI=1S/C13H18N2O3S/c1-11(2)5-6-15-19(17,18)13-8-12(4-3-7-16)9-14-10-13/h8-11,15-16H,5-7H2,1-2H3. The third-order valence-electron chi connectivity index (χ3n) is 2.35. The lowest BCUT2D eigenvalue weighted by Crippen LogP contribution is -2.25. The Labute approximate surface area is 114 Å². The molecule has 0 unspecified atom stereocenters. The van der Waals surface area contributed by atoms with E-state index in [1.807, 2.05) is 13.8 Å². The van der Waals surface area contributed by atoms with Crippen LogP contribution in [-0.2, 0) is 10.0 Å². The van der Waals surface area contributed by atoms with Gasteiger partial charge < -0.3 is 5.11 Å². The molecule has 2 N–H and O–H groups in total. The second kappa shape index (κ2) is 7.24. The number of nitrogens with zero attached hydrogens (tertiary/aromatic N) is 1. The van der Waals surface area contributed by atoms with Gasteiger partial charge in [0.2, 0.25) is 10.0 Å². The maximum Gasteiger partial charge on any atom is 0.242 e. The molecule has 1 aromatic rings. The van der Waals surface area contributed by atoms with Crippen molar-refractivity contribution in [2.24, 2.45) is 5.92 Å². The maximum atomic E-state index is 12.0. The van der Waals surface area contributed by atoms with Crippen LogP contribution in [0, 0.1) is 17.8 Å². The van der Waals surface area contributed by atoms with E-state index in [0.29, 0.717) is 18.0 Å². The second-order valence-electron chi connectivity index (χ2n) is 4.45. The number of aromatic nitrogens is 1. The molecule has 5 nitrogen and oxygen atoms in total. The number of sulfonamides is 1. The molecule has 0 bridgehead atoms. The minimum absolute atomic E-state index is 0.0843. The van der Waals surface area contributed by atoms with Crippen LogP contribution in [0.15, 0.2) is 23.4 Å². The van der Waals surface area contributed by atoms with Crippen molar-refractivity contribution in [3.63, 3.8) is 0 Å². The molecule has 0 fully saturated rings. The number of aliphatic hydroxyl groups excluding tert-OH is 1. The molecule has 1 rings (SSSR count). The summed E-state index contributed by atoms with van der Waals surface area (Å²) >= 11 is 0. The highest BCUT2D eigenvalue weighted by Gasteiger charge is 2.14. The van der Waals surface area contributed by atoms with Crippen LogP contribution in [0.2, 0.25) is 0 Å². The zero-order valence-corrected chi connectivity index (χ0v) is 11.9. The number of rotatable bonds is 5. The van der Waals surface area contributed by atoms with Crippen molar-refractivity contribution < 1.29 is 13.5 Å². The zero-order chi connectivity index (χ0) is 14.3. The first-order chi connectivity index (χ1) is 8.95. The van der Waals surface area contributed by atoms with Gasteiger partial charge in [-0.25, -0.2) is 13.1 Å². The fraction of sp³-hybridized carbons (Fsp3) is 0.462. The average Bonchev–Trinajstić information content (AvgIpc) is 2.36. The fourth-order valence-electron chi connectivity index (χ4n) is 1.34.